The van der Waals surface area contributed by atoms with E-state index in [0.717, 1.165) is 25.0 Å². The van der Waals surface area contributed by atoms with Crippen LogP contribution < -0.4 is 0 Å². The molecule has 62 heavy (non-hydrogen) atoms. The van der Waals surface area contributed by atoms with Gasteiger partial charge in [0.1, 0.15) is 110 Å². The van der Waals surface area contributed by atoms with Crippen LogP contribution in [0.2, 0.25) is 0 Å². The highest BCUT2D eigenvalue weighted by molar-refractivity contribution is 7.80. The molecule has 0 aromatic rings. The van der Waals surface area contributed by atoms with Gasteiger partial charge in [0, 0.05) is 6.61 Å². The Kier molecular flexibility index (Phi) is 19.1. The molecule has 25 nitrogen and oxygen atoms in total. The van der Waals surface area contributed by atoms with Crippen LogP contribution in [0.4, 0.5) is 0 Å². The summed E-state index contributed by atoms with van der Waals surface area (Å²) in [5.41, 5.74) is 0. The van der Waals surface area contributed by atoms with Crippen molar-refractivity contribution in [1.82, 2.24) is 0 Å². The van der Waals surface area contributed by atoms with E-state index in [1.54, 1.807) is 0 Å². The molecule has 0 radical (unpaired) electrons. The average Bonchev–Trinajstić information content (AvgIpc) is 4.04. The van der Waals surface area contributed by atoms with Crippen LogP contribution in [-0.2, 0) is 56.8 Å². The fourth-order valence-corrected chi connectivity index (χ4v) is 8.00. The molecular formula is C36H62O25S. The molecule has 6 heterocycles. The molecule has 6 aliphatic heterocycles. The number of ether oxygens (including phenoxy) is 12. The molecule has 24 atom stereocenters. The van der Waals surface area contributed by atoms with Crippen molar-refractivity contribution in [1.29, 1.82) is 0 Å². The first-order chi connectivity index (χ1) is 29.7. The van der Waals surface area contributed by atoms with Gasteiger partial charge in [-0.05, 0) is 18.6 Å². The molecule has 0 saturated carbocycles. The highest BCUT2D eigenvalue weighted by Gasteiger charge is 2.54. The van der Waals surface area contributed by atoms with Gasteiger partial charge in [0.25, 0.3) is 0 Å². The summed E-state index contributed by atoms with van der Waals surface area (Å²) in [7, 11) is 0. The van der Waals surface area contributed by atoms with Crippen molar-refractivity contribution in [2.75, 3.05) is 52.0 Å². The van der Waals surface area contributed by atoms with E-state index in [1.165, 1.54) is 0 Å². The summed E-state index contributed by atoms with van der Waals surface area (Å²) < 4.78 is 67.3. The molecule has 6 rings (SSSR count). The maximum atomic E-state index is 11.4. The van der Waals surface area contributed by atoms with Crippen LogP contribution in [0.5, 0.6) is 0 Å². The van der Waals surface area contributed by atoms with Crippen molar-refractivity contribution < 1.29 is 123 Å². The first kappa shape index (κ1) is 50.8. The Morgan fingerprint density at radius 1 is 0.339 bits per heavy atom. The SMILES string of the molecule is OC[C@H]1O[C@H](OC[C@H]2O[C@H](O[C@H]3[C@H](O)[C@@H](OC[C@H]4O[C@H](OC[C@H]5O[C@H](OCCCCCCS)[C@@H](O)[C@@H]5O)[C@@H](O)[C@@H]4O)O[C@@H]3CO[C@H]3O[C@H](CO)[C@@H](O)[C@@H]3O)[C@@H](O)[C@@H]2O)[C@@H](O)[C@@H]1O. The number of hydrogen-bond acceptors (Lipinski definition) is 26. The number of hydrogen-bond donors (Lipinski definition) is 14. The zero-order valence-electron chi connectivity index (χ0n) is 33.5. The average molecular weight is 927 g/mol. The number of aliphatic hydroxyl groups excluding tert-OH is 13. The third-order valence-corrected chi connectivity index (χ3v) is 11.9. The summed E-state index contributed by atoms with van der Waals surface area (Å²) in [4.78, 5) is 0. The van der Waals surface area contributed by atoms with E-state index in [-0.39, 0.29) is 6.61 Å². The van der Waals surface area contributed by atoms with E-state index < -0.39 is 181 Å². The van der Waals surface area contributed by atoms with E-state index in [4.69, 9.17) is 56.8 Å². The molecule has 0 aliphatic carbocycles. The molecule has 6 saturated heterocycles. The minimum Gasteiger partial charge on any atom is -0.394 e. The second-order valence-corrected chi connectivity index (χ2v) is 16.4. The first-order valence-electron chi connectivity index (χ1n) is 20.7. The Bertz CT molecular complexity index is 1330. The Hall–Kier alpha value is -0.650. The third-order valence-electron chi connectivity index (χ3n) is 11.6. The number of aliphatic hydroxyl groups is 13. The van der Waals surface area contributed by atoms with Crippen molar-refractivity contribution in [2.24, 2.45) is 0 Å². The predicted molar refractivity (Wildman–Crippen MR) is 199 cm³/mol. The fraction of sp³-hybridized carbons (Fsp3) is 1.00. The van der Waals surface area contributed by atoms with E-state index >= 15 is 0 Å². The van der Waals surface area contributed by atoms with Gasteiger partial charge in [0.15, 0.2) is 37.7 Å². The van der Waals surface area contributed by atoms with Crippen molar-refractivity contribution >= 4 is 12.6 Å². The van der Waals surface area contributed by atoms with Crippen LogP contribution in [0.15, 0.2) is 0 Å². The first-order valence-corrected chi connectivity index (χ1v) is 21.3. The molecule has 0 amide bonds. The van der Waals surface area contributed by atoms with Crippen LogP contribution in [-0.4, -0.2) is 266 Å². The summed E-state index contributed by atoms with van der Waals surface area (Å²) in [6, 6.07) is 0. The minimum absolute atomic E-state index is 0.291. The van der Waals surface area contributed by atoms with Gasteiger partial charge in [-0.1, -0.05) is 12.8 Å². The topological polar surface area (TPSA) is 374 Å². The Balaban J connectivity index is 1.02. The van der Waals surface area contributed by atoms with Crippen LogP contribution >= 0.6 is 12.6 Å². The van der Waals surface area contributed by atoms with Gasteiger partial charge in [-0.15, -0.1) is 0 Å². The molecule has 0 unspecified atom stereocenters. The monoisotopic (exact) mass is 926 g/mol. The maximum absolute atomic E-state index is 11.4. The lowest BCUT2D eigenvalue weighted by Crippen LogP contribution is -2.44. The zero-order valence-corrected chi connectivity index (χ0v) is 34.4. The highest BCUT2D eigenvalue weighted by atomic mass is 32.1. The van der Waals surface area contributed by atoms with E-state index in [1.807, 2.05) is 0 Å². The predicted octanol–water partition coefficient (Wildman–Crippen LogP) is -7.75. The minimum atomic E-state index is -1.75. The van der Waals surface area contributed by atoms with Crippen molar-refractivity contribution in [3.63, 3.8) is 0 Å². The van der Waals surface area contributed by atoms with Gasteiger partial charge < -0.3 is 123 Å². The van der Waals surface area contributed by atoms with Crippen molar-refractivity contribution in [2.45, 2.75) is 173 Å². The second-order valence-electron chi connectivity index (χ2n) is 16.0. The van der Waals surface area contributed by atoms with Crippen LogP contribution in [0.3, 0.4) is 0 Å². The smallest absolute Gasteiger partial charge is 0.187 e. The standard InChI is InChI=1S/C36H62O25S/c37-7-13-19(39)24(44)32(55-13)51-11-17-23(43)28(48)36(59-17)61-30-18(12-54-33-25(45)20(40)14(8-38)56-33)60-35(29(30)49)53-10-16-22(42)27(47)34(58-16)52-9-15-21(41)26(46)31(57-15)50-5-3-1-2-4-6-62/h13-49,62H,1-12H2/t13-,14-,15-,16-,17-,18-,19-,20-,21-,22-,23-,24+,25+,26+,27+,28+,29+,30-,31+,32+,33+,34+,35+,36-/m1/s1. The molecule has 6 aliphatic rings. The van der Waals surface area contributed by atoms with E-state index in [0.29, 0.717) is 13.0 Å². The Morgan fingerprint density at radius 3 is 1.08 bits per heavy atom. The lowest BCUT2D eigenvalue weighted by atomic mass is 10.1. The summed E-state index contributed by atoms with van der Waals surface area (Å²) in [5, 5.41) is 135. The maximum Gasteiger partial charge on any atom is 0.187 e. The fourth-order valence-electron chi connectivity index (χ4n) is 7.78. The van der Waals surface area contributed by atoms with Gasteiger partial charge in [-0.25, -0.2) is 0 Å². The lowest BCUT2D eigenvalue weighted by Gasteiger charge is -2.26. The molecule has 0 aromatic carbocycles. The van der Waals surface area contributed by atoms with Gasteiger partial charge in [-0.2, -0.15) is 12.6 Å². The highest BCUT2D eigenvalue weighted by Crippen LogP contribution is 2.34. The zero-order chi connectivity index (χ0) is 44.8. The van der Waals surface area contributed by atoms with Crippen LogP contribution in [0, 0.1) is 0 Å². The number of rotatable bonds is 23. The number of unbranched alkanes of at least 4 members (excludes halogenated alkanes) is 3. The van der Waals surface area contributed by atoms with Crippen LogP contribution in [0.1, 0.15) is 25.7 Å². The lowest BCUT2D eigenvalue weighted by molar-refractivity contribution is -0.235. The number of thiol groups is 1. The summed E-state index contributed by atoms with van der Waals surface area (Å²) in [6.07, 6.45) is -31.1. The van der Waals surface area contributed by atoms with Gasteiger partial charge in [0.05, 0.1) is 39.6 Å². The van der Waals surface area contributed by atoms with Crippen LogP contribution in [0.25, 0.3) is 0 Å². The summed E-state index contributed by atoms with van der Waals surface area (Å²) in [5.74, 6) is 0.781. The van der Waals surface area contributed by atoms with E-state index in [2.05, 4.69) is 12.6 Å². The summed E-state index contributed by atoms with van der Waals surface area (Å²) >= 11 is 4.18. The normalized spacial score (nSPS) is 48.3. The third kappa shape index (κ3) is 11.7. The quantitative estimate of drug-likeness (QED) is 0.0334. The molecule has 13 N–H and O–H groups in total. The molecule has 0 spiro atoms. The van der Waals surface area contributed by atoms with E-state index in [9.17, 15) is 66.4 Å². The molecule has 26 heteroatoms. The molecule has 0 aromatic heterocycles. The molecule has 6 fully saturated rings. The van der Waals surface area contributed by atoms with Crippen molar-refractivity contribution in [3.05, 3.63) is 0 Å². The Labute approximate surface area is 360 Å². The molecular weight excluding hydrogens is 864 g/mol. The largest absolute Gasteiger partial charge is 0.394 e. The molecule has 362 valence electrons. The van der Waals surface area contributed by atoms with Gasteiger partial charge in [0.2, 0.25) is 0 Å². The Morgan fingerprint density at radius 2 is 0.661 bits per heavy atom. The van der Waals surface area contributed by atoms with Gasteiger partial charge >= 0.3 is 0 Å². The summed E-state index contributed by atoms with van der Waals surface area (Å²) in [6.45, 7) is -2.88. The van der Waals surface area contributed by atoms with Crippen molar-refractivity contribution in [3.8, 4) is 0 Å². The molecule has 0 bridgehead atoms. The van der Waals surface area contributed by atoms with Gasteiger partial charge in [-0.3, -0.25) is 0 Å². The second kappa shape index (κ2) is 23.4.